The molecule has 1 aromatic rings. The van der Waals surface area contributed by atoms with Crippen LogP contribution < -0.4 is 18.9 Å². The predicted molar refractivity (Wildman–Crippen MR) is 64.0 cm³/mol. The van der Waals surface area contributed by atoms with E-state index in [1.54, 1.807) is 0 Å². The van der Waals surface area contributed by atoms with E-state index in [4.69, 9.17) is 0 Å². The van der Waals surface area contributed by atoms with Crippen molar-refractivity contribution in [1.82, 2.24) is 0 Å². The second-order valence-electron chi connectivity index (χ2n) is 4.48. The van der Waals surface area contributed by atoms with Crippen LogP contribution in [-0.2, 0) is 10.8 Å². The van der Waals surface area contributed by atoms with Crippen LogP contribution in [0.15, 0.2) is 29.2 Å². The molecule has 0 saturated heterocycles. The smallest absolute Gasteiger partial charge is 0.683 e. The van der Waals surface area contributed by atoms with Crippen molar-refractivity contribution in [3.63, 3.8) is 0 Å². The Bertz CT molecular complexity index is 392. The first-order valence-electron chi connectivity index (χ1n) is 5.30. The Kier molecular flexibility index (Phi) is 4.67. The van der Waals surface area contributed by atoms with Gasteiger partial charge in [-0.1, -0.05) is 24.6 Å². The molecule has 82 valence electrons. The molecule has 4 heteroatoms. The van der Waals surface area contributed by atoms with Gasteiger partial charge in [-0.25, -0.2) is 0 Å². The summed E-state index contributed by atoms with van der Waals surface area (Å²) in [6.45, 7) is 4.99. The molecule has 0 saturated carbocycles. The van der Waals surface area contributed by atoms with E-state index in [1.165, 1.54) is 0 Å². The fourth-order valence-corrected chi connectivity index (χ4v) is 3.29. The van der Waals surface area contributed by atoms with Gasteiger partial charge in [-0.3, -0.25) is 4.21 Å². The van der Waals surface area contributed by atoms with E-state index in [2.05, 4.69) is 19.2 Å². The molecule has 0 bridgehead atoms. The average molecular weight is 229 g/mol. The minimum absolute atomic E-state index is 0. The van der Waals surface area contributed by atoms with Crippen molar-refractivity contribution < 1.29 is 23.1 Å². The number of nitrogens with zero attached hydrogens (tertiary/aromatic N) is 1. The Labute approximate surface area is 112 Å². The van der Waals surface area contributed by atoms with Crippen molar-refractivity contribution in [2.75, 3.05) is 6.54 Å². The summed E-state index contributed by atoms with van der Waals surface area (Å²) < 4.78 is 12.2. The topological polar surface area (TPSA) is 31.2 Å². The standard InChI is InChI=1S/C12H16NOS.Li/c1-12(2)8-5-9-13-10-6-3-4-7-11(10)15(12)14;/h3-4,6-7H,5,8-9H2,1-2H3;/q-1;+1/t15-;/m1./s1. The predicted octanol–water partition coefficient (Wildman–Crippen LogP) is 0.376. The number of rotatable bonds is 0. The van der Waals surface area contributed by atoms with Crippen LogP contribution in [-0.4, -0.2) is 15.5 Å². The van der Waals surface area contributed by atoms with Gasteiger partial charge in [-0.2, -0.15) is 0 Å². The molecule has 0 fully saturated rings. The molecular formula is C12H16LiNOS. The first kappa shape index (κ1) is 13.8. The third kappa shape index (κ3) is 2.71. The van der Waals surface area contributed by atoms with E-state index in [0.29, 0.717) is 0 Å². The van der Waals surface area contributed by atoms with Crippen molar-refractivity contribution >= 4 is 16.5 Å². The molecule has 0 amide bonds. The summed E-state index contributed by atoms with van der Waals surface area (Å²) in [6.07, 6.45) is 1.99. The Morgan fingerprint density at radius 2 is 2.00 bits per heavy atom. The van der Waals surface area contributed by atoms with Gasteiger partial charge in [0, 0.05) is 9.64 Å². The Morgan fingerprint density at radius 1 is 1.31 bits per heavy atom. The van der Waals surface area contributed by atoms with Crippen LogP contribution in [0.5, 0.6) is 0 Å². The van der Waals surface area contributed by atoms with Crippen molar-refractivity contribution in [3.8, 4) is 0 Å². The summed E-state index contributed by atoms with van der Waals surface area (Å²) in [5, 5.41) is 4.47. The number of benzene rings is 1. The SMILES string of the molecule is CC1(C)CCC[N-]c2ccccc2[S@]1=O.[Li+]. The average Bonchev–Trinajstić information content (AvgIpc) is 2.22. The molecule has 16 heavy (non-hydrogen) atoms. The Hall–Kier alpha value is -0.233. The van der Waals surface area contributed by atoms with Gasteiger partial charge in [0.15, 0.2) is 0 Å². The van der Waals surface area contributed by atoms with Gasteiger partial charge in [-0.05, 0) is 26.3 Å². The molecule has 2 rings (SSSR count). The molecule has 0 aromatic heterocycles. The largest absolute Gasteiger partial charge is 1.00 e. The van der Waals surface area contributed by atoms with Crippen LogP contribution >= 0.6 is 0 Å². The van der Waals surface area contributed by atoms with Gasteiger partial charge in [0.1, 0.15) is 0 Å². The van der Waals surface area contributed by atoms with Gasteiger partial charge < -0.3 is 5.32 Å². The third-order valence-electron chi connectivity index (χ3n) is 2.79. The summed E-state index contributed by atoms with van der Waals surface area (Å²) >= 11 is 0. The van der Waals surface area contributed by atoms with Gasteiger partial charge in [0.05, 0.1) is 10.8 Å². The van der Waals surface area contributed by atoms with Crippen LogP contribution in [0.25, 0.3) is 5.32 Å². The van der Waals surface area contributed by atoms with Crippen molar-refractivity contribution in [1.29, 1.82) is 0 Å². The van der Waals surface area contributed by atoms with E-state index in [1.807, 2.05) is 24.3 Å². The molecule has 1 heterocycles. The Morgan fingerprint density at radius 3 is 2.75 bits per heavy atom. The van der Waals surface area contributed by atoms with Gasteiger partial charge in [0.25, 0.3) is 0 Å². The molecule has 0 N–H and O–H groups in total. The molecule has 0 aliphatic carbocycles. The zero-order chi connectivity index (χ0) is 10.9. The fraction of sp³-hybridized carbons (Fsp3) is 0.500. The van der Waals surface area contributed by atoms with E-state index >= 15 is 0 Å². The maximum Gasteiger partial charge on any atom is 1.00 e. The summed E-state index contributed by atoms with van der Waals surface area (Å²) in [5.41, 5.74) is 0.906. The molecule has 0 unspecified atom stereocenters. The maximum absolute atomic E-state index is 12.4. The first-order valence-corrected chi connectivity index (χ1v) is 6.45. The van der Waals surface area contributed by atoms with Crippen LogP contribution in [0.1, 0.15) is 26.7 Å². The number of para-hydroxylation sites is 1. The zero-order valence-corrected chi connectivity index (χ0v) is 11.0. The molecule has 1 atom stereocenters. The summed E-state index contributed by atoms with van der Waals surface area (Å²) in [5.74, 6) is 0. The molecule has 1 aliphatic heterocycles. The Balaban J connectivity index is 0.00000128. The molecule has 2 nitrogen and oxygen atoms in total. The minimum atomic E-state index is -0.948. The van der Waals surface area contributed by atoms with Gasteiger partial charge in [-0.15, -0.1) is 12.2 Å². The molecule has 1 aliphatic rings. The van der Waals surface area contributed by atoms with Crippen LogP contribution in [0.4, 0.5) is 5.69 Å². The number of hydrogen-bond donors (Lipinski definition) is 0. The van der Waals surface area contributed by atoms with Crippen LogP contribution in [0, 0.1) is 0 Å². The normalized spacial score (nSPS) is 23.0. The third-order valence-corrected chi connectivity index (χ3v) is 4.74. The van der Waals surface area contributed by atoms with Gasteiger partial charge in [0.2, 0.25) is 0 Å². The second-order valence-corrected chi connectivity index (χ2v) is 6.56. The monoisotopic (exact) mass is 229 g/mol. The van der Waals surface area contributed by atoms with E-state index in [9.17, 15) is 4.21 Å². The van der Waals surface area contributed by atoms with E-state index < -0.39 is 10.8 Å². The van der Waals surface area contributed by atoms with Crippen molar-refractivity contribution in [2.24, 2.45) is 0 Å². The number of hydrogen-bond acceptors (Lipinski definition) is 1. The van der Waals surface area contributed by atoms with Crippen molar-refractivity contribution in [3.05, 3.63) is 29.6 Å². The molecule has 1 aromatic carbocycles. The van der Waals surface area contributed by atoms with Crippen LogP contribution in [0.3, 0.4) is 0 Å². The first-order chi connectivity index (χ1) is 7.11. The quantitative estimate of drug-likeness (QED) is 0.592. The van der Waals surface area contributed by atoms with Crippen molar-refractivity contribution in [2.45, 2.75) is 36.3 Å². The fourth-order valence-electron chi connectivity index (χ4n) is 1.84. The molecule has 0 radical (unpaired) electrons. The maximum atomic E-state index is 12.4. The van der Waals surface area contributed by atoms with E-state index in [-0.39, 0.29) is 23.6 Å². The summed E-state index contributed by atoms with van der Waals surface area (Å²) in [6, 6.07) is 7.77. The zero-order valence-electron chi connectivity index (χ0n) is 10.2. The summed E-state index contributed by atoms with van der Waals surface area (Å²) in [4.78, 5) is 0.891. The molecule has 0 spiro atoms. The molecular weight excluding hydrogens is 213 g/mol. The minimum Gasteiger partial charge on any atom is -0.683 e. The second kappa shape index (κ2) is 5.40. The van der Waals surface area contributed by atoms with Crippen LogP contribution in [0.2, 0.25) is 0 Å². The van der Waals surface area contributed by atoms with E-state index in [0.717, 1.165) is 30.0 Å². The summed E-state index contributed by atoms with van der Waals surface area (Å²) in [7, 11) is -0.948. The van der Waals surface area contributed by atoms with Gasteiger partial charge >= 0.3 is 18.9 Å². The number of fused-ring (bicyclic) bond motifs is 1.